The molecule has 2 rings (SSSR count). The summed E-state index contributed by atoms with van der Waals surface area (Å²) in [6, 6.07) is 4.16. The molecule has 9 heteroatoms. The second kappa shape index (κ2) is 14.6. The highest BCUT2D eigenvalue weighted by Crippen LogP contribution is 2.11. The number of carbonyl (C=O) groups is 1. The Morgan fingerprint density at radius 1 is 1.29 bits per heavy atom. The molecule has 1 aromatic heterocycles. The first kappa shape index (κ1) is 24.7. The van der Waals surface area contributed by atoms with E-state index >= 15 is 0 Å². The SMILES string of the molecule is COCCN=C(NCCc1ccco1)NC1CCN(C(=O)CCOC)CC1.I. The first-order valence-corrected chi connectivity index (χ1v) is 9.55. The first-order valence-electron chi connectivity index (χ1n) is 9.55. The topological polar surface area (TPSA) is 88.3 Å². The molecule has 0 spiro atoms. The van der Waals surface area contributed by atoms with Gasteiger partial charge in [-0.2, -0.15) is 0 Å². The van der Waals surface area contributed by atoms with Crippen molar-refractivity contribution in [2.75, 3.05) is 53.6 Å². The number of piperidine rings is 1. The molecule has 0 radical (unpaired) electrons. The molecule has 0 atom stereocenters. The number of halogens is 1. The third kappa shape index (κ3) is 9.24. The van der Waals surface area contributed by atoms with E-state index in [-0.39, 0.29) is 29.9 Å². The standard InChI is InChI=1S/C19H32N4O4.HI/c1-25-14-8-18(24)23-11-6-16(7-12-23)22-19(21-10-15-26-2)20-9-5-17-4-3-13-27-17;/h3-4,13,16H,5-12,14-15H2,1-2H3,(H2,20,21,22);1H. The Hall–Kier alpha value is -1.33. The van der Waals surface area contributed by atoms with E-state index in [0.29, 0.717) is 32.2 Å². The van der Waals surface area contributed by atoms with Crippen molar-refractivity contribution in [2.24, 2.45) is 4.99 Å². The van der Waals surface area contributed by atoms with Crippen LogP contribution in [0.4, 0.5) is 0 Å². The number of hydrogen-bond donors (Lipinski definition) is 2. The number of ether oxygens (including phenoxy) is 2. The Morgan fingerprint density at radius 3 is 2.68 bits per heavy atom. The van der Waals surface area contributed by atoms with Crippen molar-refractivity contribution in [1.29, 1.82) is 0 Å². The van der Waals surface area contributed by atoms with Gasteiger partial charge < -0.3 is 29.4 Å². The lowest BCUT2D eigenvalue weighted by molar-refractivity contribution is -0.133. The van der Waals surface area contributed by atoms with Crippen LogP contribution in [0.3, 0.4) is 0 Å². The van der Waals surface area contributed by atoms with Crippen LogP contribution in [0.1, 0.15) is 25.0 Å². The minimum Gasteiger partial charge on any atom is -0.469 e. The number of methoxy groups -OCH3 is 2. The highest BCUT2D eigenvalue weighted by atomic mass is 127. The minimum atomic E-state index is 0. The number of nitrogens with one attached hydrogen (secondary N) is 2. The number of rotatable bonds is 10. The van der Waals surface area contributed by atoms with E-state index in [1.54, 1.807) is 20.5 Å². The zero-order valence-electron chi connectivity index (χ0n) is 16.8. The molecule has 1 aliphatic rings. The van der Waals surface area contributed by atoms with Crippen molar-refractivity contribution in [3.8, 4) is 0 Å². The summed E-state index contributed by atoms with van der Waals surface area (Å²) >= 11 is 0. The van der Waals surface area contributed by atoms with Gasteiger partial charge in [0.2, 0.25) is 5.91 Å². The molecule has 160 valence electrons. The molecule has 0 bridgehead atoms. The molecule has 1 aliphatic heterocycles. The van der Waals surface area contributed by atoms with Crippen LogP contribution in [0.15, 0.2) is 27.8 Å². The first-order chi connectivity index (χ1) is 13.2. The highest BCUT2D eigenvalue weighted by molar-refractivity contribution is 14.0. The van der Waals surface area contributed by atoms with Crippen LogP contribution in [-0.2, 0) is 20.7 Å². The van der Waals surface area contributed by atoms with Crippen molar-refractivity contribution in [2.45, 2.75) is 31.7 Å². The molecule has 1 fully saturated rings. The Kier molecular flexibility index (Phi) is 12.9. The molecule has 8 nitrogen and oxygen atoms in total. The average molecular weight is 508 g/mol. The van der Waals surface area contributed by atoms with Crippen LogP contribution < -0.4 is 10.6 Å². The summed E-state index contributed by atoms with van der Waals surface area (Å²) in [5, 5.41) is 6.84. The van der Waals surface area contributed by atoms with E-state index in [0.717, 1.165) is 50.6 Å². The van der Waals surface area contributed by atoms with Gasteiger partial charge in [0.15, 0.2) is 5.96 Å². The van der Waals surface area contributed by atoms with Crippen molar-refractivity contribution in [3.63, 3.8) is 0 Å². The molecule has 0 aromatic carbocycles. The van der Waals surface area contributed by atoms with E-state index in [4.69, 9.17) is 13.9 Å². The molecule has 1 aromatic rings. The summed E-state index contributed by atoms with van der Waals surface area (Å²) < 4.78 is 15.4. The number of aliphatic imine (C=N–C) groups is 1. The number of guanidine groups is 1. The zero-order chi connectivity index (χ0) is 19.3. The Balaban J connectivity index is 0.00000392. The van der Waals surface area contributed by atoms with E-state index in [2.05, 4.69) is 15.6 Å². The van der Waals surface area contributed by atoms with Crippen molar-refractivity contribution >= 4 is 35.8 Å². The van der Waals surface area contributed by atoms with Gasteiger partial charge in [0.25, 0.3) is 0 Å². The van der Waals surface area contributed by atoms with Crippen molar-refractivity contribution in [3.05, 3.63) is 24.2 Å². The lowest BCUT2D eigenvalue weighted by Gasteiger charge is -2.33. The number of furan rings is 1. The average Bonchev–Trinajstić information content (AvgIpc) is 3.20. The maximum atomic E-state index is 12.1. The highest BCUT2D eigenvalue weighted by Gasteiger charge is 2.23. The van der Waals surface area contributed by atoms with Crippen LogP contribution >= 0.6 is 24.0 Å². The Labute approximate surface area is 184 Å². The summed E-state index contributed by atoms with van der Waals surface area (Å²) in [6.45, 7) is 3.92. The van der Waals surface area contributed by atoms with Gasteiger partial charge >= 0.3 is 0 Å². The van der Waals surface area contributed by atoms with E-state index < -0.39 is 0 Å². The van der Waals surface area contributed by atoms with Crippen molar-refractivity contribution < 1.29 is 18.7 Å². The quantitative estimate of drug-likeness (QED) is 0.216. The number of hydrogen-bond acceptors (Lipinski definition) is 5. The fourth-order valence-corrected chi connectivity index (χ4v) is 2.97. The second-order valence-corrected chi connectivity index (χ2v) is 6.52. The molecule has 2 N–H and O–H groups in total. The molecular weight excluding hydrogens is 475 g/mol. The van der Waals surface area contributed by atoms with Gasteiger partial charge in [0.05, 0.1) is 32.4 Å². The monoisotopic (exact) mass is 508 g/mol. The molecule has 0 saturated carbocycles. The third-order valence-corrected chi connectivity index (χ3v) is 4.52. The zero-order valence-corrected chi connectivity index (χ0v) is 19.1. The predicted molar refractivity (Wildman–Crippen MR) is 119 cm³/mol. The number of nitrogens with zero attached hydrogens (tertiary/aromatic N) is 2. The van der Waals surface area contributed by atoms with Gasteiger partial charge in [0.1, 0.15) is 5.76 Å². The summed E-state index contributed by atoms with van der Waals surface area (Å²) in [5.41, 5.74) is 0. The molecular formula is C19H33IN4O4. The predicted octanol–water partition coefficient (Wildman–Crippen LogP) is 1.65. The number of likely N-dealkylation sites (tertiary alicyclic amines) is 1. The van der Waals surface area contributed by atoms with Crippen molar-refractivity contribution in [1.82, 2.24) is 15.5 Å². The van der Waals surface area contributed by atoms with Gasteiger partial charge in [-0.3, -0.25) is 9.79 Å². The fourth-order valence-electron chi connectivity index (χ4n) is 2.97. The third-order valence-electron chi connectivity index (χ3n) is 4.52. The largest absolute Gasteiger partial charge is 0.469 e. The van der Waals surface area contributed by atoms with E-state index in [1.165, 1.54) is 0 Å². The van der Waals surface area contributed by atoms with Gasteiger partial charge in [-0.15, -0.1) is 24.0 Å². The molecule has 0 unspecified atom stereocenters. The van der Waals surface area contributed by atoms with Gasteiger partial charge in [-0.1, -0.05) is 0 Å². The molecule has 28 heavy (non-hydrogen) atoms. The lowest BCUT2D eigenvalue weighted by atomic mass is 10.0. The smallest absolute Gasteiger partial charge is 0.224 e. The van der Waals surface area contributed by atoms with Crippen LogP contribution in [0, 0.1) is 0 Å². The molecule has 0 aliphatic carbocycles. The van der Waals surface area contributed by atoms with Crippen LogP contribution in [-0.4, -0.2) is 76.4 Å². The number of amides is 1. The maximum Gasteiger partial charge on any atom is 0.224 e. The Bertz CT molecular complexity index is 560. The van der Waals surface area contributed by atoms with Gasteiger partial charge in [0, 0.05) is 46.3 Å². The maximum absolute atomic E-state index is 12.1. The normalized spacial score (nSPS) is 15.2. The summed E-state index contributed by atoms with van der Waals surface area (Å²) in [4.78, 5) is 18.6. The molecule has 2 heterocycles. The Morgan fingerprint density at radius 2 is 2.04 bits per heavy atom. The summed E-state index contributed by atoms with van der Waals surface area (Å²) in [6.07, 6.45) is 4.74. The van der Waals surface area contributed by atoms with E-state index in [1.807, 2.05) is 17.0 Å². The minimum absolute atomic E-state index is 0. The summed E-state index contributed by atoms with van der Waals surface area (Å²) in [5.74, 6) is 1.89. The fraction of sp³-hybridized carbons (Fsp3) is 0.684. The lowest BCUT2D eigenvalue weighted by Crippen LogP contribution is -2.50. The van der Waals surface area contributed by atoms with Gasteiger partial charge in [-0.25, -0.2) is 0 Å². The number of carbonyl (C=O) groups excluding carboxylic acids is 1. The van der Waals surface area contributed by atoms with Crippen LogP contribution in [0.5, 0.6) is 0 Å². The van der Waals surface area contributed by atoms with E-state index in [9.17, 15) is 4.79 Å². The van der Waals surface area contributed by atoms with Crippen LogP contribution in [0.2, 0.25) is 0 Å². The molecule has 1 saturated heterocycles. The summed E-state index contributed by atoms with van der Waals surface area (Å²) in [7, 11) is 3.29. The molecule has 1 amide bonds. The van der Waals surface area contributed by atoms with Crippen LogP contribution in [0.25, 0.3) is 0 Å². The van der Waals surface area contributed by atoms with Gasteiger partial charge in [-0.05, 0) is 25.0 Å². The second-order valence-electron chi connectivity index (χ2n) is 6.52.